The molecule has 1 aromatic heterocycles. The van der Waals surface area contributed by atoms with Crippen molar-refractivity contribution in [3.05, 3.63) is 105 Å². The molecule has 1 N–H and O–H groups in total. The number of benzene rings is 3. The van der Waals surface area contributed by atoms with Crippen molar-refractivity contribution in [2.24, 2.45) is 11.3 Å². The number of carbonyl (C=O) groups excluding carboxylic acids is 2. The fourth-order valence-electron chi connectivity index (χ4n) is 5.10. The third-order valence-corrected chi connectivity index (χ3v) is 7.78. The van der Waals surface area contributed by atoms with E-state index in [0.29, 0.717) is 38.6 Å². The Bertz CT molecular complexity index is 1620. The van der Waals surface area contributed by atoms with Gasteiger partial charge < -0.3 is 10.1 Å². The minimum Gasteiger partial charge on any atom is -0.452 e. The summed E-state index contributed by atoms with van der Waals surface area (Å²) in [6.07, 6.45) is 3.62. The molecule has 204 valence electrons. The standard InChI is InChI=1S/C33H30Cl2N2O3/c1-33(2,3)22-16-21(15-20-11-13-23(34)14-12-20)31-27(17-22)30(26-9-4-5-10-28(26)37-31)32(39)40-19-29(38)36-25-8-6-7-24(35)18-25/h4-15,18,22H,16-17,19H2,1-3H3,(H,36,38)/b21-15+. The van der Waals surface area contributed by atoms with Gasteiger partial charge in [0.2, 0.25) is 0 Å². The van der Waals surface area contributed by atoms with Crippen LogP contribution in [0.1, 0.15) is 54.4 Å². The molecule has 0 radical (unpaired) electrons. The Balaban J connectivity index is 1.54. The number of carbonyl (C=O) groups is 2. The molecule has 0 aliphatic heterocycles. The van der Waals surface area contributed by atoms with Gasteiger partial charge in [0.05, 0.1) is 16.8 Å². The van der Waals surface area contributed by atoms with Crippen molar-refractivity contribution in [2.75, 3.05) is 11.9 Å². The fraction of sp³-hybridized carbons (Fsp3) is 0.242. The van der Waals surface area contributed by atoms with Crippen molar-refractivity contribution in [2.45, 2.75) is 33.6 Å². The lowest BCUT2D eigenvalue weighted by atomic mass is 9.69. The number of ether oxygens (including phenoxy) is 1. The maximum absolute atomic E-state index is 13.7. The predicted molar refractivity (Wildman–Crippen MR) is 163 cm³/mol. The quantitative estimate of drug-likeness (QED) is 0.243. The monoisotopic (exact) mass is 572 g/mol. The molecule has 1 aliphatic rings. The van der Waals surface area contributed by atoms with E-state index in [1.54, 1.807) is 24.3 Å². The molecule has 3 aromatic carbocycles. The number of fused-ring (bicyclic) bond motifs is 2. The van der Waals surface area contributed by atoms with Gasteiger partial charge in [-0.05, 0) is 83.3 Å². The van der Waals surface area contributed by atoms with Crippen LogP contribution in [-0.2, 0) is 16.0 Å². The molecule has 5 rings (SSSR count). The number of esters is 1. The summed E-state index contributed by atoms with van der Waals surface area (Å²) in [5, 5.41) is 4.61. The molecule has 1 atom stereocenters. The van der Waals surface area contributed by atoms with Crippen molar-refractivity contribution < 1.29 is 14.3 Å². The summed E-state index contributed by atoms with van der Waals surface area (Å²) >= 11 is 12.1. The normalized spacial score (nSPS) is 16.0. The summed E-state index contributed by atoms with van der Waals surface area (Å²) in [5.41, 5.74) is 5.40. The Labute approximate surface area is 244 Å². The third kappa shape index (κ3) is 6.22. The Hall–Kier alpha value is -3.67. The molecule has 0 bridgehead atoms. The second-order valence-electron chi connectivity index (χ2n) is 11.2. The first-order valence-electron chi connectivity index (χ1n) is 13.2. The van der Waals surface area contributed by atoms with Gasteiger partial charge >= 0.3 is 5.97 Å². The van der Waals surface area contributed by atoms with Crippen molar-refractivity contribution in [3.63, 3.8) is 0 Å². The van der Waals surface area contributed by atoms with E-state index >= 15 is 0 Å². The number of amides is 1. The number of anilines is 1. The first-order chi connectivity index (χ1) is 19.1. The molecule has 0 fully saturated rings. The highest BCUT2D eigenvalue weighted by Gasteiger charge is 2.35. The van der Waals surface area contributed by atoms with Crippen molar-refractivity contribution in [1.82, 2.24) is 4.98 Å². The Morgan fingerprint density at radius 3 is 2.45 bits per heavy atom. The Morgan fingerprint density at radius 1 is 0.975 bits per heavy atom. The molecule has 40 heavy (non-hydrogen) atoms. The van der Waals surface area contributed by atoms with E-state index in [4.69, 9.17) is 32.9 Å². The van der Waals surface area contributed by atoms with E-state index in [1.165, 1.54) is 0 Å². The maximum Gasteiger partial charge on any atom is 0.339 e. The molecule has 1 amide bonds. The summed E-state index contributed by atoms with van der Waals surface area (Å²) in [7, 11) is 0. The first-order valence-corrected chi connectivity index (χ1v) is 13.9. The minimum atomic E-state index is -0.545. The molecular weight excluding hydrogens is 543 g/mol. The highest BCUT2D eigenvalue weighted by atomic mass is 35.5. The van der Waals surface area contributed by atoms with Gasteiger partial charge in [0.25, 0.3) is 5.91 Å². The van der Waals surface area contributed by atoms with Gasteiger partial charge in [-0.15, -0.1) is 0 Å². The number of hydrogen-bond acceptors (Lipinski definition) is 4. The van der Waals surface area contributed by atoms with Gasteiger partial charge in [0.15, 0.2) is 6.61 Å². The molecule has 1 aliphatic carbocycles. The largest absolute Gasteiger partial charge is 0.452 e. The number of nitrogens with zero attached hydrogens (tertiary/aromatic N) is 1. The van der Waals surface area contributed by atoms with Crippen molar-refractivity contribution >= 4 is 63.3 Å². The van der Waals surface area contributed by atoms with Crippen LogP contribution in [0.15, 0.2) is 72.8 Å². The second-order valence-corrected chi connectivity index (χ2v) is 12.0. The Morgan fingerprint density at radius 2 is 1.73 bits per heavy atom. The zero-order valence-corrected chi connectivity index (χ0v) is 24.1. The summed E-state index contributed by atoms with van der Waals surface area (Å²) in [6.45, 7) is 6.23. The summed E-state index contributed by atoms with van der Waals surface area (Å²) < 4.78 is 5.61. The van der Waals surface area contributed by atoms with Crippen LogP contribution < -0.4 is 5.32 Å². The average Bonchev–Trinajstić information content (AvgIpc) is 2.91. The van der Waals surface area contributed by atoms with E-state index in [-0.39, 0.29) is 11.3 Å². The van der Waals surface area contributed by atoms with Crippen LogP contribution >= 0.6 is 23.2 Å². The molecule has 7 heteroatoms. The van der Waals surface area contributed by atoms with Gasteiger partial charge in [-0.1, -0.05) is 80.4 Å². The average molecular weight is 574 g/mol. The highest BCUT2D eigenvalue weighted by molar-refractivity contribution is 6.31. The van der Waals surface area contributed by atoms with Gasteiger partial charge in [0.1, 0.15) is 0 Å². The topological polar surface area (TPSA) is 68.3 Å². The maximum atomic E-state index is 13.7. The lowest BCUT2D eigenvalue weighted by Gasteiger charge is -2.36. The van der Waals surface area contributed by atoms with E-state index in [9.17, 15) is 9.59 Å². The van der Waals surface area contributed by atoms with E-state index in [1.807, 2.05) is 48.5 Å². The van der Waals surface area contributed by atoms with E-state index < -0.39 is 18.5 Å². The van der Waals surface area contributed by atoms with Crippen LogP contribution in [0, 0.1) is 11.3 Å². The number of allylic oxidation sites excluding steroid dienone is 1. The van der Waals surface area contributed by atoms with Crippen LogP contribution in [0.3, 0.4) is 0 Å². The van der Waals surface area contributed by atoms with E-state index in [0.717, 1.165) is 28.8 Å². The molecule has 5 nitrogen and oxygen atoms in total. The molecule has 1 unspecified atom stereocenters. The van der Waals surface area contributed by atoms with Gasteiger partial charge in [-0.2, -0.15) is 0 Å². The number of pyridine rings is 1. The van der Waals surface area contributed by atoms with Crippen LogP contribution in [0.4, 0.5) is 5.69 Å². The highest BCUT2D eigenvalue weighted by Crippen LogP contribution is 2.45. The number of rotatable bonds is 5. The zero-order valence-electron chi connectivity index (χ0n) is 22.6. The van der Waals surface area contributed by atoms with E-state index in [2.05, 4.69) is 32.2 Å². The van der Waals surface area contributed by atoms with Crippen LogP contribution in [0.5, 0.6) is 0 Å². The lowest BCUT2D eigenvalue weighted by Crippen LogP contribution is -2.29. The summed E-state index contributed by atoms with van der Waals surface area (Å²) in [5.74, 6) is -0.727. The number of nitrogens with one attached hydrogen (secondary N) is 1. The number of hydrogen-bond donors (Lipinski definition) is 1. The fourth-order valence-corrected chi connectivity index (χ4v) is 5.41. The third-order valence-electron chi connectivity index (χ3n) is 7.30. The first kappa shape index (κ1) is 27.9. The molecule has 0 spiro atoms. The van der Waals surface area contributed by atoms with Crippen LogP contribution in [0.2, 0.25) is 10.0 Å². The molecular formula is C33H30Cl2N2O3. The summed E-state index contributed by atoms with van der Waals surface area (Å²) in [4.78, 5) is 31.4. The van der Waals surface area contributed by atoms with Crippen LogP contribution in [0.25, 0.3) is 22.6 Å². The SMILES string of the molecule is CC(C)(C)C1C/C(=C\c2ccc(Cl)cc2)c2nc3ccccc3c(C(=O)OCC(=O)Nc3cccc(Cl)c3)c2C1. The second kappa shape index (κ2) is 11.4. The molecule has 1 heterocycles. The van der Waals surface area contributed by atoms with Gasteiger partial charge in [0, 0.05) is 21.1 Å². The predicted octanol–water partition coefficient (Wildman–Crippen LogP) is 8.49. The van der Waals surface area contributed by atoms with Crippen molar-refractivity contribution in [3.8, 4) is 0 Å². The number of para-hydroxylation sites is 1. The molecule has 4 aromatic rings. The minimum absolute atomic E-state index is 0.0135. The van der Waals surface area contributed by atoms with Gasteiger partial charge in [-0.3, -0.25) is 4.79 Å². The van der Waals surface area contributed by atoms with Gasteiger partial charge in [-0.25, -0.2) is 9.78 Å². The molecule has 0 saturated carbocycles. The molecule has 0 saturated heterocycles. The Kier molecular flexibility index (Phi) is 7.97. The smallest absolute Gasteiger partial charge is 0.339 e. The lowest BCUT2D eigenvalue weighted by molar-refractivity contribution is -0.119. The zero-order chi connectivity index (χ0) is 28.4. The summed E-state index contributed by atoms with van der Waals surface area (Å²) in [6, 6.07) is 22.1. The number of halogens is 2. The van der Waals surface area contributed by atoms with Crippen molar-refractivity contribution in [1.29, 1.82) is 0 Å². The van der Waals surface area contributed by atoms with Crippen LogP contribution in [-0.4, -0.2) is 23.5 Å². The number of aromatic nitrogens is 1.